The van der Waals surface area contributed by atoms with E-state index >= 15 is 0 Å². The molecule has 132 valence electrons. The van der Waals surface area contributed by atoms with Gasteiger partial charge < -0.3 is 15.0 Å². The average Bonchev–Trinajstić information content (AvgIpc) is 3.04. The third-order valence-corrected chi connectivity index (χ3v) is 5.46. The van der Waals surface area contributed by atoms with Crippen molar-refractivity contribution in [1.29, 1.82) is 0 Å². The van der Waals surface area contributed by atoms with Crippen molar-refractivity contribution in [3.8, 4) is 0 Å². The van der Waals surface area contributed by atoms with Crippen LogP contribution in [0.1, 0.15) is 24.8 Å². The summed E-state index contributed by atoms with van der Waals surface area (Å²) in [6, 6.07) is 17.3. The lowest BCUT2D eigenvalue weighted by Gasteiger charge is -2.38. The number of nitrogens with one attached hydrogen (secondary N) is 1. The van der Waals surface area contributed by atoms with Gasteiger partial charge in [0.1, 0.15) is 5.82 Å². The zero-order chi connectivity index (χ0) is 17.0. The fourth-order valence-corrected chi connectivity index (χ4v) is 4.14. The van der Waals surface area contributed by atoms with Crippen LogP contribution in [0.15, 0.2) is 54.7 Å². The van der Waals surface area contributed by atoms with E-state index < -0.39 is 0 Å². The molecule has 1 aromatic heterocycles. The van der Waals surface area contributed by atoms with Crippen molar-refractivity contribution in [3.05, 3.63) is 60.3 Å². The quantitative estimate of drug-likeness (QED) is 0.908. The SMILES string of the molecule is c1ccc(CCN2CC[C@]3(C[C@H](Nc4ccccn4)CCO3)C2)cc1. The molecular formula is C21H27N3O. The molecule has 0 amide bonds. The van der Waals surface area contributed by atoms with Gasteiger partial charge in [0.25, 0.3) is 0 Å². The predicted molar refractivity (Wildman–Crippen MR) is 101 cm³/mol. The summed E-state index contributed by atoms with van der Waals surface area (Å²) in [5.41, 5.74) is 1.45. The van der Waals surface area contributed by atoms with Gasteiger partial charge in [0.05, 0.1) is 5.60 Å². The second-order valence-electron chi connectivity index (χ2n) is 7.34. The molecule has 25 heavy (non-hydrogen) atoms. The van der Waals surface area contributed by atoms with E-state index in [2.05, 4.69) is 45.5 Å². The molecular weight excluding hydrogens is 310 g/mol. The summed E-state index contributed by atoms with van der Waals surface area (Å²) in [5.74, 6) is 0.975. The summed E-state index contributed by atoms with van der Waals surface area (Å²) in [7, 11) is 0. The Kier molecular flexibility index (Phi) is 4.99. The molecule has 2 aliphatic rings. The Hall–Kier alpha value is -1.91. The first-order valence-electron chi connectivity index (χ1n) is 9.39. The Morgan fingerprint density at radius 3 is 2.88 bits per heavy atom. The molecule has 1 N–H and O–H groups in total. The molecule has 3 heterocycles. The first-order chi connectivity index (χ1) is 12.3. The number of benzene rings is 1. The van der Waals surface area contributed by atoms with Gasteiger partial charge in [-0.05, 0) is 43.4 Å². The Morgan fingerprint density at radius 1 is 1.16 bits per heavy atom. The lowest BCUT2D eigenvalue weighted by atomic mass is 9.89. The number of ether oxygens (including phenoxy) is 1. The van der Waals surface area contributed by atoms with Crippen LogP contribution in [0.2, 0.25) is 0 Å². The minimum atomic E-state index is 0.0292. The molecule has 2 atom stereocenters. The van der Waals surface area contributed by atoms with Gasteiger partial charge in [-0.15, -0.1) is 0 Å². The average molecular weight is 337 g/mol. The molecule has 4 nitrogen and oxygen atoms in total. The zero-order valence-corrected chi connectivity index (χ0v) is 14.7. The summed E-state index contributed by atoms with van der Waals surface area (Å²) in [6.07, 6.45) is 6.24. The summed E-state index contributed by atoms with van der Waals surface area (Å²) in [6.45, 7) is 4.16. The largest absolute Gasteiger partial charge is 0.373 e. The maximum atomic E-state index is 6.27. The zero-order valence-electron chi connectivity index (χ0n) is 14.7. The van der Waals surface area contributed by atoms with E-state index in [0.29, 0.717) is 6.04 Å². The van der Waals surface area contributed by atoms with E-state index in [1.54, 1.807) is 0 Å². The standard InChI is InChI=1S/C21H27N3O/c1-2-6-18(7-3-1)9-13-24-14-11-21(17-24)16-19(10-15-25-21)23-20-8-4-5-12-22-20/h1-8,12,19H,9-11,13-17H2,(H,22,23)/t19-,21+/m1/s1. The van der Waals surface area contributed by atoms with Crippen LogP contribution in [0.4, 0.5) is 5.82 Å². The van der Waals surface area contributed by atoms with Crippen LogP contribution in [0.3, 0.4) is 0 Å². The van der Waals surface area contributed by atoms with Gasteiger partial charge in [-0.1, -0.05) is 36.4 Å². The van der Waals surface area contributed by atoms with E-state index in [-0.39, 0.29) is 5.60 Å². The molecule has 1 spiro atoms. The molecule has 2 fully saturated rings. The Labute approximate surface area is 150 Å². The van der Waals surface area contributed by atoms with Crippen molar-refractivity contribution in [2.75, 3.05) is 31.6 Å². The molecule has 2 aliphatic heterocycles. The highest BCUT2D eigenvalue weighted by Crippen LogP contribution is 2.35. The minimum absolute atomic E-state index is 0.0292. The number of nitrogens with zero attached hydrogens (tertiary/aromatic N) is 2. The van der Waals surface area contributed by atoms with E-state index in [1.165, 1.54) is 5.56 Å². The van der Waals surface area contributed by atoms with Gasteiger partial charge >= 0.3 is 0 Å². The molecule has 2 saturated heterocycles. The number of aromatic nitrogens is 1. The smallest absolute Gasteiger partial charge is 0.126 e. The van der Waals surface area contributed by atoms with Gasteiger partial charge in [0, 0.05) is 38.5 Å². The van der Waals surface area contributed by atoms with Crippen LogP contribution >= 0.6 is 0 Å². The molecule has 2 aromatic rings. The predicted octanol–water partition coefficient (Wildman–Crippen LogP) is 3.36. The van der Waals surface area contributed by atoms with Crippen LogP contribution < -0.4 is 5.32 Å². The third-order valence-electron chi connectivity index (χ3n) is 5.46. The Bertz CT molecular complexity index is 663. The van der Waals surface area contributed by atoms with E-state index in [0.717, 1.165) is 57.7 Å². The fraction of sp³-hybridized carbons (Fsp3) is 0.476. The van der Waals surface area contributed by atoms with Crippen molar-refractivity contribution < 1.29 is 4.74 Å². The molecule has 0 saturated carbocycles. The van der Waals surface area contributed by atoms with Crippen molar-refractivity contribution in [2.24, 2.45) is 0 Å². The first kappa shape index (κ1) is 16.6. The van der Waals surface area contributed by atoms with E-state index in [9.17, 15) is 0 Å². The molecule has 4 rings (SSSR count). The number of hydrogen-bond acceptors (Lipinski definition) is 4. The highest BCUT2D eigenvalue weighted by molar-refractivity contribution is 5.34. The molecule has 0 unspecified atom stereocenters. The van der Waals surface area contributed by atoms with Crippen LogP contribution in [-0.2, 0) is 11.2 Å². The van der Waals surface area contributed by atoms with Crippen LogP contribution in [0.5, 0.6) is 0 Å². The highest BCUT2D eigenvalue weighted by atomic mass is 16.5. The fourth-order valence-electron chi connectivity index (χ4n) is 4.14. The first-order valence-corrected chi connectivity index (χ1v) is 9.39. The van der Waals surface area contributed by atoms with Crippen LogP contribution in [0, 0.1) is 0 Å². The number of rotatable bonds is 5. The van der Waals surface area contributed by atoms with Gasteiger partial charge in [0.15, 0.2) is 0 Å². The van der Waals surface area contributed by atoms with E-state index in [4.69, 9.17) is 4.74 Å². The van der Waals surface area contributed by atoms with Gasteiger partial charge in [-0.25, -0.2) is 4.98 Å². The van der Waals surface area contributed by atoms with Gasteiger partial charge in [-0.2, -0.15) is 0 Å². The van der Waals surface area contributed by atoms with Crippen molar-refractivity contribution in [2.45, 2.75) is 37.3 Å². The van der Waals surface area contributed by atoms with Crippen LogP contribution in [-0.4, -0.2) is 47.8 Å². The monoisotopic (exact) mass is 337 g/mol. The highest BCUT2D eigenvalue weighted by Gasteiger charge is 2.43. The molecule has 0 bridgehead atoms. The summed E-state index contributed by atoms with van der Waals surface area (Å²) >= 11 is 0. The third kappa shape index (κ3) is 4.20. The molecule has 0 aliphatic carbocycles. The number of anilines is 1. The van der Waals surface area contributed by atoms with Crippen molar-refractivity contribution >= 4 is 5.82 Å². The Balaban J connectivity index is 1.31. The summed E-state index contributed by atoms with van der Waals surface area (Å²) < 4.78 is 6.27. The topological polar surface area (TPSA) is 37.4 Å². The second-order valence-corrected chi connectivity index (χ2v) is 7.34. The maximum Gasteiger partial charge on any atom is 0.126 e. The van der Waals surface area contributed by atoms with Crippen molar-refractivity contribution in [1.82, 2.24) is 9.88 Å². The lowest BCUT2D eigenvalue weighted by molar-refractivity contribution is -0.0733. The lowest BCUT2D eigenvalue weighted by Crippen LogP contribution is -2.46. The second kappa shape index (κ2) is 7.54. The van der Waals surface area contributed by atoms with Crippen LogP contribution in [0.25, 0.3) is 0 Å². The number of likely N-dealkylation sites (tertiary alicyclic amines) is 1. The Morgan fingerprint density at radius 2 is 2.04 bits per heavy atom. The molecule has 0 radical (unpaired) electrons. The minimum Gasteiger partial charge on any atom is -0.373 e. The number of pyridine rings is 1. The summed E-state index contributed by atoms with van der Waals surface area (Å²) in [4.78, 5) is 6.97. The molecule has 1 aromatic carbocycles. The van der Waals surface area contributed by atoms with Gasteiger partial charge in [0.2, 0.25) is 0 Å². The summed E-state index contributed by atoms with van der Waals surface area (Å²) in [5, 5.41) is 3.60. The van der Waals surface area contributed by atoms with E-state index in [1.807, 2.05) is 24.4 Å². The normalized spacial score (nSPS) is 26.8. The number of hydrogen-bond donors (Lipinski definition) is 1. The maximum absolute atomic E-state index is 6.27. The molecule has 4 heteroatoms. The van der Waals surface area contributed by atoms with Crippen molar-refractivity contribution in [3.63, 3.8) is 0 Å². The van der Waals surface area contributed by atoms with Gasteiger partial charge in [-0.3, -0.25) is 0 Å².